The first-order valence-electron chi connectivity index (χ1n) is 9.62. The molecule has 1 aromatic heterocycles. The lowest BCUT2D eigenvalue weighted by molar-refractivity contribution is 0.0827. The lowest BCUT2D eigenvalue weighted by atomic mass is 10.0. The highest BCUT2D eigenvalue weighted by Gasteiger charge is 2.18. The molecule has 0 aliphatic heterocycles. The summed E-state index contributed by atoms with van der Waals surface area (Å²) in [6, 6.07) is 8.11. The van der Waals surface area contributed by atoms with Crippen LogP contribution in [0, 0.1) is 6.92 Å². The summed E-state index contributed by atoms with van der Waals surface area (Å²) in [5, 5.41) is 5.31. The Balaban J connectivity index is 1.98. The number of benzene rings is 1. The van der Waals surface area contributed by atoms with Crippen LogP contribution >= 0.6 is 0 Å². The van der Waals surface area contributed by atoms with E-state index in [-0.39, 0.29) is 6.10 Å². The van der Waals surface area contributed by atoms with E-state index in [1.54, 1.807) is 13.3 Å². The number of aromatic nitrogens is 1. The minimum atomic E-state index is 0.213. The van der Waals surface area contributed by atoms with Crippen LogP contribution < -0.4 is 20.6 Å². The smallest absolute Gasteiger partial charge is 0.154 e. The molecule has 1 aliphatic carbocycles. The van der Waals surface area contributed by atoms with Gasteiger partial charge in [-0.2, -0.15) is 0 Å². The van der Waals surface area contributed by atoms with Gasteiger partial charge in [-0.3, -0.25) is 0 Å². The molecule has 1 heterocycles. The Morgan fingerprint density at radius 2 is 2.18 bits per heavy atom. The molecule has 0 bridgehead atoms. The number of ether oxygens (including phenoxy) is 2. The van der Waals surface area contributed by atoms with Crippen LogP contribution in [0.2, 0.25) is 0 Å². The van der Waals surface area contributed by atoms with E-state index in [1.165, 1.54) is 0 Å². The fourth-order valence-corrected chi connectivity index (χ4v) is 3.39. The van der Waals surface area contributed by atoms with Crippen LogP contribution in [0.4, 0.5) is 5.69 Å². The fourth-order valence-electron chi connectivity index (χ4n) is 3.39. The van der Waals surface area contributed by atoms with E-state index in [0.29, 0.717) is 0 Å². The second kappa shape index (κ2) is 8.93. The van der Waals surface area contributed by atoms with Gasteiger partial charge in [0.1, 0.15) is 5.76 Å². The lowest BCUT2D eigenvalue weighted by Crippen LogP contribution is -2.31. The molecular formula is C23H29N3O2. The first-order chi connectivity index (χ1) is 13.5. The topological polar surface area (TPSA) is 47.8 Å². The van der Waals surface area contributed by atoms with Crippen molar-refractivity contribution in [3.8, 4) is 5.75 Å². The Morgan fingerprint density at radius 3 is 2.86 bits per heavy atom. The first kappa shape index (κ1) is 20.0. The Labute approximate surface area is 166 Å². The van der Waals surface area contributed by atoms with Gasteiger partial charge in [-0.15, -0.1) is 0 Å². The van der Waals surface area contributed by atoms with Crippen molar-refractivity contribution >= 4 is 24.3 Å². The van der Waals surface area contributed by atoms with Crippen LogP contribution in [-0.2, 0) is 11.8 Å². The van der Waals surface area contributed by atoms with Gasteiger partial charge < -0.3 is 19.4 Å². The van der Waals surface area contributed by atoms with Gasteiger partial charge in [0.05, 0.1) is 17.1 Å². The molecule has 1 N–H and O–H groups in total. The molecule has 0 spiro atoms. The highest BCUT2D eigenvalue weighted by molar-refractivity contribution is 5.74. The molecular weight excluding hydrogens is 350 g/mol. The third kappa shape index (κ3) is 4.54. The van der Waals surface area contributed by atoms with E-state index in [2.05, 4.69) is 36.0 Å². The van der Waals surface area contributed by atoms with E-state index in [4.69, 9.17) is 9.47 Å². The summed E-state index contributed by atoms with van der Waals surface area (Å²) in [6.45, 7) is 8.08. The average molecular weight is 380 g/mol. The summed E-state index contributed by atoms with van der Waals surface area (Å²) in [5.41, 5.74) is 2.00. The van der Waals surface area contributed by atoms with Gasteiger partial charge in [0.25, 0.3) is 0 Å². The molecule has 5 nitrogen and oxygen atoms in total. The van der Waals surface area contributed by atoms with Gasteiger partial charge in [-0.1, -0.05) is 12.6 Å². The van der Waals surface area contributed by atoms with Crippen LogP contribution in [0.15, 0.2) is 47.3 Å². The van der Waals surface area contributed by atoms with Crippen molar-refractivity contribution in [2.45, 2.75) is 39.2 Å². The monoisotopic (exact) mass is 379 g/mol. The van der Waals surface area contributed by atoms with Gasteiger partial charge in [-0.05, 0) is 61.7 Å². The first-order valence-corrected chi connectivity index (χ1v) is 9.62. The molecule has 3 rings (SSSR count). The number of nitrogens with zero attached hydrogens (tertiary/aromatic N) is 2. The average Bonchev–Trinajstić information content (AvgIpc) is 3.02. The number of aryl methyl sites for hydroxylation is 2. The SMILES string of the molecule is C=c1ccn(C)/c1=C(/N=C\C)Nc1ccc(C)cc1OC1=CCCC(OC)C1. The zero-order valence-corrected chi connectivity index (χ0v) is 17.2. The van der Waals surface area contributed by atoms with Crippen molar-refractivity contribution < 1.29 is 9.47 Å². The second-order valence-electron chi connectivity index (χ2n) is 7.07. The predicted octanol–water partition coefficient (Wildman–Crippen LogP) is 3.47. The quantitative estimate of drug-likeness (QED) is 0.782. The normalized spacial score (nSPS) is 18.1. The van der Waals surface area contributed by atoms with E-state index >= 15 is 0 Å². The number of methoxy groups -OCH3 is 1. The van der Waals surface area contributed by atoms with Gasteiger partial charge in [0.15, 0.2) is 11.6 Å². The van der Waals surface area contributed by atoms with E-state index < -0.39 is 0 Å². The van der Waals surface area contributed by atoms with Gasteiger partial charge in [-0.25, -0.2) is 4.99 Å². The van der Waals surface area contributed by atoms with Gasteiger partial charge in [0.2, 0.25) is 0 Å². The summed E-state index contributed by atoms with van der Waals surface area (Å²) < 4.78 is 13.8. The maximum absolute atomic E-state index is 6.29. The number of anilines is 1. The van der Waals surface area contributed by atoms with Crippen molar-refractivity contribution in [3.05, 3.63) is 58.4 Å². The Kier molecular flexibility index (Phi) is 6.37. The molecule has 0 fully saturated rings. The van der Waals surface area contributed by atoms with Crippen molar-refractivity contribution in [1.82, 2.24) is 4.57 Å². The minimum absolute atomic E-state index is 0.213. The van der Waals surface area contributed by atoms with E-state index in [1.807, 2.05) is 42.9 Å². The maximum atomic E-state index is 6.29. The predicted molar refractivity (Wildman–Crippen MR) is 116 cm³/mol. The summed E-state index contributed by atoms with van der Waals surface area (Å²) in [6.07, 6.45) is 8.91. The summed E-state index contributed by atoms with van der Waals surface area (Å²) >= 11 is 0. The highest BCUT2D eigenvalue weighted by atomic mass is 16.5. The maximum Gasteiger partial charge on any atom is 0.154 e. The van der Waals surface area contributed by atoms with Crippen molar-refractivity contribution in [3.63, 3.8) is 0 Å². The number of rotatable bonds is 6. The summed E-state index contributed by atoms with van der Waals surface area (Å²) in [7, 11) is 3.74. The molecule has 1 unspecified atom stereocenters. The number of allylic oxidation sites excluding steroid dienone is 1. The minimum Gasteiger partial charge on any atom is -0.460 e. The molecule has 28 heavy (non-hydrogen) atoms. The van der Waals surface area contributed by atoms with Gasteiger partial charge in [0, 0.05) is 33.0 Å². The zero-order chi connectivity index (χ0) is 20.1. The summed E-state index contributed by atoms with van der Waals surface area (Å²) in [4.78, 5) is 4.55. The largest absolute Gasteiger partial charge is 0.460 e. The third-order valence-electron chi connectivity index (χ3n) is 4.89. The fraction of sp³-hybridized carbons (Fsp3) is 0.348. The molecule has 148 valence electrons. The Bertz CT molecular complexity index is 1000. The lowest BCUT2D eigenvalue weighted by Gasteiger charge is -2.23. The van der Waals surface area contributed by atoms with Crippen LogP contribution in [0.25, 0.3) is 12.4 Å². The highest BCUT2D eigenvalue weighted by Crippen LogP contribution is 2.31. The molecule has 0 amide bonds. The Morgan fingerprint density at radius 1 is 1.36 bits per heavy atom. The second-order valence-corrected chi connectivity index (χ2v) is 7.07. The molecule has 5 heteroatoms. The number of hydrogen-bond acceptors (Lipinski definition) is 4. The molecule has 0 saturated carbocycles. The molecule has 1 aromatic carbocycles. The van der Waals surface area contributed by atoms with Crippen LogP contribution in [-0.4, -0.2) is 24.0 Å². The van der Waals surface area contributed by atoms with Crippen molar-refractivity contribution in [2.75, 3.05) is 12.4 Å². The van der Waals surface area contributed by atoms with Crippen molar-refractivity contribution in [1.29, 1.82) is 0 Å². The van der Waals surface area contributed by atoms with Crippen LogP contribution in [0.3, 0.4) is 0 Å². The third-order valence-corrected chi connectivity index (χ3v) is 4.89. The summed E-state index contributed by atoms with van der Waals surface area (Å²) in [5.74, 6) is 2.47. The standard InChI is InChI=1S/C23H29N3O2/c1-6-24-23(22-17(3)12-13-26(22)4)25-20-11-10-16(2)14-21(20)28-19-9-7-8-18(15-19)27-5/h6,9-14,18,25H,3,7-8,15H2,1-2,4-5H3/b23-22-,24-6-. The van der Waals surface area contributed by atoms with E-state index in [9.17, 15) is 0 Å². The zero-order valence-electron chi connectivity index (χ0n) is 17.2. The Hall–Kier alpha value is -2.79. The molecule has 1 atom stereocenters. The van der Waals surface area contributed by atoms with Crippen molar-refractivity contribution in [2.24, 2.45) is 12.0 Å². The number of hydrogen-bond donors (Lipinski definition) is 1. The number of nitrogens with one attached hydrogen (secondary N) is 1. The molecule has 0 radical (unpaired) electrons. The molecule has 1 aliphatic rings. The van der Waals surface area contributed by atoms with Gasteiger partial charge >= 0.3 is 0 Å². The van der Waals surface area contributed by atoms with Crippen LogP contribution in [0.1, 0.15) is 31.7 Å². The molecule has 0 saturated heterocycles. The molecule has 2 aromatic rings. The van der Waals surface area contributed by atoms with E-state index in [0.717, 1.165) is 58.4 Å². The van der Waals surface area contributed by atoms with Crippen LogP contribution in [0.5, 0.6) is 5.75 Å². The number of aliphatic imine (C=N–C) groups is 1.